The molecule has 0 saturated carbocycles. The van der Waals surface area contributed by atoms with Gasteiger partial charge in [-0.3, -0.25) is 9.78 Å². The number of hydrogen-bond acceptors (Lipinski definition) is 5. The molecule has 4 rings (SSSR count). The van der Waals surface area contributed by atoms with Crippen LogP contribution in [0.5, 0.6) is 0 Å². The van der Waals surface area contributed by atoms with Crippen molar-refractivity contribution < 1.29 is 4.79 Å². The van der Waals surface area contributed by atoms with Gasteiger partial charge in [-0.05, 0) is 61.1 Å². The molecule has 1 aliphatic rings. The van der Waals surface area contributed by atoms with E-state index in [1.54, 1.807) is 18.5 Å². The Kier molecular flexibility index (Phi) is 4.13. The monoisotopic (exact) mass is 338 g/mol. The zero-order valence-electron chi connectivity index (χ0n) is 13.2. The summed E-state index contributed by atoms with van der Waals surface area (Å²) < 4.78 is 3.98. The summed E-state index contributed by atoms with van der Waals surface area (Å²) >= 11 is 1.19. The molecule has 1 fully saturated rings. The number of benzene rings is 1. The van der Waals surface area contributed by atoms with Crippen LogP contribution in [0, 0.1) is 0 Å². The number of piperidine rings is 1. The first-order valence-electron chi connectivity index (χ1n) is 8.17. The summed E-state index contributed by atoms with van der Waals surface area (Å²) in [6.45, 7) is 2.16. The van der Waals surface area contributed by atoms with Gasteiger partial charge >= 0.3 is 0 Å². The quantitative estimate of drug-likeness (QED) is 0.786. The van der Waals surface area contributed by atoms with Crippen LogP contribution in [0.3, 0.4) is 0 Å². The van der Waals surface area contributed by atoms with Crippen molar-refractivity contribution in [2.45, 2.75) is 19.3 Å². The summed E-state index contributed by atoms with van der Waals surface area (Å²) in [5, 5.41) is 4.05. The molecule has 0 aliphatic carbocycles. The van der Waals surface area contributed by atoms with Gasteiger partial charge in [0.2, 0.25) is 0 Å². The molecule has 0 atom stereocenters. The van der Waals surface area contributed by atoms with Gasteiger partial charge in [-0.15, -0.1) is 0 Å². The van der Waals surface area contributed by atoms with Crippen molar-refractivity contribution in [3.8, 4) is 0 Å². The number of anilines is 2. The van der Waals surface area contributed by atoms with Gasteiger partial charge in [-0.2, -0.15) is 0 Å². The average Bonchev–Trinajstić information content (AvgIpc) is 3.17. The van der Waals surface area contributed by atoms with Crippen LogP contribution in [0.15, 0.2) is 42.7 Å². The average molecular weight is 338 g/mol. The number of pyridine rings is 1. The lowest BCUT2D eigenvalue weighted by Crippen LogP contribution is -2.29. The third-order valence-corrected chi connectivity index (χ3v) is 5.10. The third kappa shape index (κ3) is 2.85. The van der Waals surface area contributed by atoms with Crippen LogP contribution in [0.1, 0.15) is 28.9 Å². The summed E-state index contributed by atoms with van der Waals surface area (Å²) in [4.78, 5) is 19.9. The van der Waals surface area contributed by atoms with Crippen molar-refractivity contribution in [2.24, 2.45) is 0 Å². The highest BCUT2D eigenvalue weighted by Crippen LogP contribution is 2.32. The smallest absolute Gasteiger partial charge is 0.267 e. The lowest BCUT2D eigenvalue weighted by molar-refractivity contribution is 0.103. The Morgan fingerprint density at radius 1 is 1.08 bits per heavy atom. The first-order chi connectivity index (χ1) is 11.8. The Morgan fingerprint density at radius 2 is 1.96 bits per heavy atom. The van der Waals surface area contributed by atoms with Crippen LogP contribution in [0.25, 0.3) is 10.9 Å². The van der Waals surface area contributed by atoms with Crippen LogP contribution in [-0.4, -0.2) is 28.4 Å². The summed E-state index contributed by atoms with van der Waals surface area (Å²) in [6, 6.07) is 9.80. The molecule has 0 radical (unpaired) electrons. The van der Waals surface area contributed by atoms with E-state index in [-0.39, 0.29) is 5.91 Å². The topological polar surface area (TPSA) is 58.1 Å². The molecule has 1 amide bonds. The number of carbonyl (C=O) groups is 1. The number of nitrogens with one attached hydrogen (secondary N) is 1. The fourth-order valence-corrected chi connectivity index (χ4v) is 3.68. The van der Waals surface area contributed by atoms with Crippen molar-refractivity contribution in [3.05, 3.63) is 47.6 Å². The second-order valence-electron chi connectivity index (χ2n) is 5.91. The van der Waals surface area contributed by atoms with Crippen LogP contribution in [-0.2, 0) is 0 Å². The molecule has 0 spiro atoms. The highest BCUT2D eigenvalue weighted by atomic mass is 32.1. The minimum atomic E-state index is -0.143. The molecule has 1 N–H and O–H groups in total. The molecule has 3 aromatic rings. The maximum Gasteiger partial charge on any atom is 0.267 e. The second kappa shape index (κ2) is 6.57. The number of hydrogen-bond donors (Lipinski definition) is 1. The van der Waals surface area contributed by atoms with E-state index in [0.717, 1.165) is 29.7 Å². The van der Waals surface area contributed by atoms with Gasteiger partial charge in [0.25, 0.3) is 5.91 Å². The molecule has 1 saturated heterocycles. The fourth-order valence-electron chi connectivity index (χ4n) is 3.19. The predicted molar refractivity (Wildman–Crippen MR) is 97.9 cm³/mol. The normalized spacial score (nSPS) is 14.8. The molecule has 0 unspecified atom stereocenters. The molecule has 2 aromatic heterocycles. The standard InChI is InChI=1S/C18H18N4OS/c23-18(16-8-10-20-24-16)21-14-6-7-15(22-11-2-1-3-12-22)13-5-4-9-19-17(13)14/h4-10H,1-3,11-12H2,(H,21,23). The molecule has 1 aromatic carbocycles. The zero-order valence-corrected chi connectivity index (χ0v) is 14.1. The van der Waals surface area contributed by atoms with E-state index in [9.17, 15) is 4.79 Å². The molecule has 0 bridgehead atoms. The molecule has 5 nitrogen and oxygen atoms in total. The Bertz CT molecular complexity index is 857. The third-order valence-electron chi connectivity index (χ3n) is 4.35. The van der Waals surface area contributed by atoms with Crippen molar-refractivity contribution in [1.82, 2.24) is 9.36 Å². The van der Waals surface area contributed by atoms with E-state index >= 15 is 0 Å². The van der Waals surface area contributed by atoms with Gasteiger partial charge in [0.15, 0.2) is 0 Å². The highest BCUT2D eigenvalue weighted by Gasteiger charge is 2.17. The van der Waals surface area contributed by atoms with Gasteiger partial charge in [-0.1, -0.05) is 0 Å². The van der Waals surface area contributed by atoms with Gasteiger partial charge in [0.1, 0.15) is 4.88 Å². The van der Waals surface area contributed by atoms with Crippen LogP contribution < -0.4 is 10.2 Å². The molecular weight excluding hydrogens is 320 g/mol. The number of rotatable bonds is 3. The van der Waals surface area contributed by atoms with Crippen molar-refractivity contribution in [2.75, 3.05) is 23.3 Å². The molecular formula is C18H18N4OS. The van der Waals surface area contributed by atoms with Gasteiger partial charge < -0.3 is 10.2 Å². The minimum absolute atomic E-state index is 0.143. The Hall–Kier alpha value is -2.47. The van der Waals surface area contributed by atoms with E-state index in [2.05, 4.69) is 31.7 Å². The van der Waals surface area contributed by atoms with Crippen LogP contribution >= 0.6 is 11.5 Å². The van der Waals surface area contributed by atoms with Crippen LogP contribution in [0.2, 0.25) is 0 Å². The predicted octanol–water partition coefficient (Wildman–Crippen LogP) is 3.93. The number of nitrogens with zero attached hydrogens (tertiary/aromatic N) is 3. The number of aromatic nitrogens is 2. The van der Waals surface area contributed by atoms with E-state index in [0.29, 0.717) is 4.88 Å². The van der Waals surface area contributed by atoms with E-state index in [1.165, 1.54) is 36.5 Å². The van der Waals surface area contributed by atoms with Gasteiger partial charge in [0, 0.05) is 36.6 Å². The fraction of sp³-hybridized carbons (Fsp3) is 0.278. The molecule has 3 heterocycles. The first-order valence-corrected chi connectivity index (χ1v) is 8.95. The van der Waals surface area contributed by atoms with Crippen LogP contribution in [0.4, 0.5) is 11.4 Å². The van der Waals surface area contributed by atoms with E-state index < -0.39 is 0 Å². The maximum atomic E-state index is 12.3. The van der Waals surface area contributed by atoms with Crippen molar-refractivity contribution in [3.63, 3.8) is 0 Å². The summed E-state index contributed by atoms with van der Waals surface area (Å²) in [5.74, 6) is -0.143. The van der Waals surface area contributed by atoms with Crippen molar-refractivity contribution in [1.29, 1.82) is 0 Å². The summed E-state index contributed by atoms with van der Waals surface area (Å²) in [6.07, 6.45) is 7.16. The zero-order chi connectivity index (χ0) is 16.4. The van der Waals surface area contributed by atoms with Gasteiger partial charge in [-0.25, -0.2) is 4.37 Å². The number of fused-ring (bicyclic) bond motifs is 1. The van der Waals surface area contributed by atoms with Gasteiger partial charge in [0.05, 0.1) is 11.2 Å². The molecule has 6 heteroatoms. The lowest BCUT2D eigenvalue weighted by atomic mass is 10.1. The minimum Gasteiger partial charge on any atom is -0.371 e. The molecule has 122 valence electrons. The number of carbonyl (C=O) groups excluding carboxylic acids is 1. The van der Waals surface area contributed by atoms with E-state index in [1.807, 2.05) is 12.1 Å². The first kappa shape index (κ1) is 15.1. The summed E-state index contributed by atoms with van der Waals surface area (Å²) in [7, 11) is 0. The Balaban J connectivity index is 1.71. The summed E-state index contributed by atoms with van der Waals surface area (Å²) in [5.41, 5.74) is 2.77. The number of amides is 1. The molecule has 24 heavy (non-hydrogen) atoms. The van der Waals surface area contributed by atoms with E-state index in [4.69, 9.17) is 0 Å². The molecule has 1 aliphatic heterocycles. The Morgan fingerprint density at radius 3 is 2.75 bits per heavy atom. The Labute approximate surface area is 144 Å². The second-order valence-corrected chi connectivity index (χ2v) is 6.74. The highest BCUT2D eigenvalue weighted by molar-refractivity contribution is 7.08. The lowest BCUT2D eigenvalue weighted by Gasteiger charge is -2.30. The largest absolute Gasteiger partial charge is 0.371 e. The SMILES string of the molecule is O=C(Nc1ccc(N2CCCCC2)c2cccnc12)c1ccns1. The maximum absolute atomic E-state index is 12.3. The van der Waals surface area contributed by atoms with Crippen molar-refractivity contribution >= 4 is 39.7 Å².